The summed E-state index contributed by atoms with van der Waals surface area (Å²) < 4.78 is 7.29. The predicted molar refractivity (Wildman–Crippen MR) is 81.6 cm³/mol. The highest BCUT2D eigenvalue weighted by Crippen LogP contribution is 2.36. The molecule has 1 N–H and O–H groups in total. The Labute approximate surface area is 115 Å². The quantitative estimate of drug-likeness (QED) is 0.441. The molecular formula is C12H25IO2Si. The molecule has 4 heteroatoms. The normalized spacial score (nSPS) is 14.3. The lowest BCUT2D eigenvalue weighted by Crippen LogP contribution is -2.40. The third kappa shape index (κ3) is 6.37. The molecule has 0 saturated carbocycles. The smallest absolute Gasteiger partial charge is 0.191 e. The van der Waals surface area contributed by atoms with Crippen molar-refractivity contribution in [3.05, 3.63) is 9.66 Å². The minimum Gasteiger partial charge on any atom is -0.417 e. The van der Waals surface area contributed by atoms with E-state index in [9.17, 15) is 0 Å². The fourth-order valence-corrected chi connectivity index (χ4v) is 2.65. The van der Waals surface area contributed by atoms with Gasteiger partial charge in [-0.1, -0.05) is 20.8 Å². The summed E-state index contributed by atoms with van der Waals surface area (Å²) in [6.45, 7) is 12.3. The molecular weight excluding hydrogens is 331 g/mol. The van der Waals surface area contributed by atoms with E-state index in [0.29, 0.717) is 5.04 Å². The van der Waals surface area contributed by atoms with Crippen molar-refractivity contribution >= 4 is 30.9 Å². The van der Waals surface area contributed by atoms with Gasteiger partial charge < -0.3 is 9.53 Å². The van der Waals surface area contributed by atoms with Crippen LogP contribution in [-0.2, 0) is 4.43 Å². The monoisotopic (exact) mass is 356 g/mol. The first-order valence-electron chi connectivity index (χ1n) is 5.80. The molecule has 0 saturated heterocycles. The lowest BCUT2D eigenvalue weighted by atomic mass is 10.2. The van der Waals surface area contributed by atoms with Gasteiger partial charge >= 0.3 is 0 Å². The molecule has 96 valence electrons. The Bertz CT molecular complexity index is 232. The Hall–Kier alpha value is 0.607. The van der Waals surface area contributed by atoms with Gasteiger partial charge in [-0.05, 0) is 63.2 Å². The largest absolute Gasteiger partial charge is 0.417 e. The summed E-state index contributed by atoms with van der Waals surface area (Å²) in [5.74, 6) is 0. The number of hydrogen-bond acceptors (Lipinski definition) is 2. The molecule has 16 heavy (non-hydrogen) atoms. The maximum absolute atomic E-state index is 8.72. The molecule has 0 spiro atoms. The number of hydrogen-bond donors (Lipinski definition) is 1. The van der Waals surface area contributed by atoms with Crippen molar-refractivity contribution in [2.24, 2.45) is 0 Å². The van der Waals surface area contributed by atoms with E-state index in [-0.39, 0.29) is 6.61 Å². The summed E-state index contributed by atoms with van der Waals surface area (Å²) >= 11 is 2.28. The van der Waals surface area contributed by atoms with Gasteiger partial charge in [-0.25, -0.2) is 0 Å². The highest BCUT2D eigenvalue weighted by atomic mass is 127. The van der Waals surface area contributed by atoms with Gasteiger partial charge in [-0.3, -0.25) is 0 Å². The van der Waals surface area contributed by atoms with Gasteiger partial charge in [0.05, 0.1) is 6.61 Å². The molecule has 0 bridgehead atoms. The second-order valence-electron chi connectivity index (χ2n) is 5.55. The molecule has 0 fully saturated rings. The molecule has 0 aromatic carbocycles. The van der Waals surface area contributed by atoms with Crippen LogP contribution in [0.15, 0.2) is 9.66 Å². The van der Waals surface area contributed by atoms with Crippen LogP contribution in [0.4, 0.5) is 0 Å². The van der Waals surface area contributed by atoms with Gasteiger partial charge in [0, 0.05) is 6.61 Å². The maximum Gasteiger partial charge on any atom is 0.191 e. The summed E-state index contributed by atoms with van der Waals surface area (Å²) in [5.41, 5.74) is 0. The van der Waals surface area contributed by atoms with Gasteiger partial charge in [0.25, 0.3) is 0 Å². The lowest BCUT2D eigenvalue weighted by Gasteiger charge is -2.36. The first-order valence-corrected chi connectivity index (χ1v) is 9.79. The zero-order valence-corrected chi connectivity index (χ0v) is 14.3. The highest BCUT2D eigenvalue weighted by Gasteiger charge is 2.36. The van der Waals surface area contributed by atoms with Crippen LogP contribution in [-0.4, -0.2) is 26.6 Å². The molecule has 0 amide bonds. The minimum atomic E-state index is -1.57. The second-order valence-corrected chi connectivity index (χ2v) is 11.7. The zero-order chi connectivity index (χ0) is 12.8. The van der Waals surface area contributed by atoms with Crippen LogP contribution in [0.25, 0.3) is 0 Å². The van der Waals surface area contributed by atoms with Crippen molar-refractivity contribution in [1.82, 2.24) is 0 Å². The van der Waals surface area contributed by atoms with Crippen LogP contribution in [0.5, 0.6) is 0 Å². The SMILES string of the molecule is CC(C)(C)[Si](C)(C)OCCCC(I)=CCO. The van der Waals surface area contributed by atoms with Gasteiger partial charge in [-0.15, -0.1) is 0 Å². The van der Waals surface area contributed by atoms with Crippen molar-refractivity contribution < 1.29 is 9.53 Å². The maximum atomic E-state index is 8.72. The van der Waals surface area contributed by atoms with Crippen molar-refractivity contribution in [2.75, 3.05) is 13.2 Å². The van der Waals surface area contributed by atoms with E-state index in [0.717, 1.165) is 19.4 Å². The number of rotatable bonds is 6. The first kappa shape index (κ1) is 16.6. The van der Waals surface area contributed by atoms with Crippen LogP contribution in [0.2, 0.25) is 18.1 Å². The molecule has 2 nitrogen and oxygen atoms in total. The molecule has 0 aliphatic carbocycles. The standard InChI is InChI=1S/C12H25IO2Si/c1-12(2,3)16(4,5)15-10-6-7-11(13)8-9-14/h8,14H,6-7,9-10H2,1-5H3. The van der Waals surface area contributed by atoms with Gasteiger partial charge in [0.2, 0.25) is 0 Å². The molecule has 0 aromatic heterocycles. The Morgan fingerprint density at radius 1 is 1.38 bits per heavy atom. The number of aliphatic hydroxyl groups is 1. The van der Waals surface area contributed by atoms with Crippen LogP contribution in [0.3, 0.4) is 0 Å². The molecule has 0 aliphatic heterocycles. The van der Waals surface area contributed by atoms with Crippen molar-refractivity contribution in [2.45, 2.75) is 51.7 Å². The van der Waals surface area contributed by atoms with Crippen LogP contribution < -0.4 is 0 Å². The minimum absolute atomic E-state index is 0.140. The van der Waals surface area contributed by atoms with Gasteiger partial charge in [-0.2, -0.15) is 0 Å². The second kappa shape index (κ2) is 7.13. The van der Waals surface area contributed by atoms with E-state index in [1.165, 1.54) is 3.58 Å². The average Bonchev–Trinajstić information content (AvgIpc) is 2.11. The van der Waals surface area contributed by atoms with Crippen LogP contribution in [0.1, 0.15) is 33.6 Å². The average molecular weight is 356 g/mol. The molecule has 0 radical (unpaired) electrons. The Morgan fingerprint density at radius 3 is 2.38 bits per heavy atom. The molecule has 0 atom stereocenters. The summed E-state index contributed by atoms with van der Waals surface area (Å²) in [6.07, 6.45) is 3.91. The number of aliphatic hydroxyl groups excluding tert-OH is 1. The van der Waals surface area contributed by atoms with Crippen LogP contribution in [0, 0.1) is 0 Å². The number of halogens is 1. The molecule has 0 heterocycles. The third-order valence-corrected chi connectivity index (χ3v) is 8.66. The third-order valence-electron chi connectivity index (χ3n) is 3.14. The van der Waals surface area contributed by atoms with Gasteiger partial charge in [0.15, 0.2) is 8.32 Å². The summed E-state index contributed by atoms with van der Waals surface area (Å²) in [7, 11) is -1.57. The van der Waals surface area contributed by atoms with E-state index in [1.54, 1.807) is 0 Å². The van der Waals surface area contributed by atoms with E-state index in [4.69, 9.17) is 9.53 Å². The fraction of sp³-hybridized carbons (Fsp3) is 0.833. The van der Waals surface area contributed by atoms with Crippen LogP contribution >= 0.6 is 22.6 Å². The van der Waals surface area contributed by atoms with E-state index >= 15 is 0 Å². The Kier molecular flexibility index (Phi) is 7.40. The van der Waals surface area contributed by atoms with E-state index in [2.05, 4.69) is 56.5 Å². The van der Waals surface area contributed by atoms with Crippen molar-refractivity contribution in [1.29, 1.82) is 0 Å². The topological polar surface area (TPSA) is 29.5 Å². The summed E-state index contributed by atoms with van der Waals surface area (Å²) in [4.78, 5) is 0. The Morgan fingerprint density at radius 2 is 1.94 bits per heavy atom. The van der Waals surface area contributed by atoms with E-state index < -0.39 is 8.32 Å². The predicted octanol–water partition coefficient (Wildman–Crippen LogP) is 4.10. The first-order chi connectivity index (χ1) is 7.20. The van der Waals surface area contributed by atoms with Crippen molar-refractivity contribution in [3.63, 3.8) is 0 Å². The van der Waals surface area contributed by atoms with Crippen molar-refractivity contribution in [3.8, 4) is 0 Å². The molecule has 0 rings (SSSR count). The zero-order valence-electron chi connectivity index (χ0n) is 11.1. The lowest BCUT2D eigenvalue weighted by molar-refractivity contribution is 0.283. The fourth-order valence-electron chi connectivity index (χ4n) is 0.986. The molecule has 0 unspecified atom stereocenters. The summed E-state index contributed by atoms with van der Waals surface area (Å²) in [6, 6.07) is 0. The van der Waals surface area contributed by atoms with E-state index in [1.807, 2.05) is 6.08 Å². The highest BCUT2D eigenvalue weighted by molar-refractivity contribution is 14.1. The summed E-state index contributed by atoms with van der Waals surface area (Å²) in [5, 5.41) is 9.02. The molecule has 0 aliphatic rings. The Balaban J connectivity index is 3.87. The van der Waals surface area contributed by atoms with Gasteiger partial charge in [0.1, 0.15) is 0 Å². The molecule has 0 aromatic rings. The number of allylic oxidation sites excluding steroid dienone is 1.